The maximum Gasteiger partial charge on any atom is 0.236 e. The van der Waals surface area contributed by atoms with Gasteiger partial charge in [0.2, 0.25) is 5.91 Å². The van der Waals surface area contributed by atoms with E-state index < -0.39 is 5.82 Å². The molecule has 0 heterocycles. The second kappa shape index (κ2) is 7.61. The number of carbonyl (C=O) groups excluding carboxylic acids is 1. The van der Waals surface area contributed by atoms with Crippen molar-refractivity contribution in [3.05, 3.63) is 35.1 Å². The summed E-state index contributed by atoms with van der Waals surface area (Å²) in [6.07, 6.45) is 0. The molecule has 20 heavy (non-hydrogen) atoms. The van der Waals surface area contributed by atoms with E-state index in [1.807, 2.05) is 26.8 Å². The summed E-state index contributed by atoms with van der Waals surface area (Å²) >= 11 is 0. The van der Waals surface area contributed by atoms with Gasteiger partial charge in [-0.25, -0.2) is 4.39 Å². The highest BCUT2D eigenvalue weighted by molar-refractivity contribution is 5.78. The Morgan fingerprint density at radius 1 is 1.50 bits per heavy atom. The third-order valence-electron chi connectivity index (χ3n) is 2.94. The van der Waals surface area contributed by atoms with E-state index in [4.69, 9.17) is 5.26 Å². The summed E-state index contributed by atoms with van der Waals surface area (Å²) in [7, 11) is 0. The molecule has 108 valence electrons. The molecule has 5 heteroatoms. The molecule has 0 spiro atoms. The number of amides is 1. The van der Waals surface area contributed by atoms with Gasteiger partial charge in [-0.3, -0.25) is 4.79 Å². The Morgan fingerprint density at radius 3 is 2.70 bits per heavy atom. The van der Waals surface area contributed by atoms with Crippen molar-refractivity contribution in [2.75, 3.05) is 13.1 Å². The van der Waals surface area contributed by atoms with E-state index in [9.17, 15) is 9.18 Å². The number of nitrogens with zero attached hydrogens (tertiary/aromatic N) is 2. The van der Waals surface area contributed by atoms with Crippen molar-refractivity contribution in [1.82, 2.24) is 10.2 Å². The molecule has 0 aliphatic rings. The zero-order valence-corrected chi connectivity index (χ0v) is 12.1. The van der Waals surface area contributed by atoms with E-state index in [2.05, 4.69) is 5.32 Å². The fourth-order valence-electron chi connectivity index (χ4n) is 1.73. The number of rotatable bonds is 6. The molecule has 1 amide bonds. The molecule has 0 saturated heterocycles. The second-order valence-corrected chi connectivity index (χ2v) is 4.86. The third-order valence-corrected chi connectivity index (χ3v) is 2.94. The molecule has 1 rings (SSSR count). The molecule has 0 unspecified atom stereocenters. The Labute approximate surface area is 119 Å². The summed E-state index contributed by atoms with van der Waals surface area (Å²) in [5, 5.41) is 11.8. The number of halogens is 1. The molecule has 0 atom stereocenters. The standard InChI is InChI=1S/C15H20FN3O/c1-4-19(15(20)9-18-11(2)3)10-13-6-5-12(8-17)7-14(13)16/h5-7,11,18H,4,9-10H2,1-3H3. The average Bonchev–Trinajstić information content (AvgIpc) is 2.43. The van der Waals surface area contributed by atoms with Crippen LogP contribution in [0.3, 0.4) is 0 Å². The van der Waals surface area contributed by atoms with E-state index in [0.29, 0.717) is 12.1 Å². The Kier molecular flexibility index (Phi) is 6.13. The fourth-order valence-corrected chi connectivity index (χ4v) is 1.73. The molecular formula is C15H20FN3O. The minimum Gasteiger partial charge on any atom is -0.337 e. The van der Waals surface area contributed by atoms with Crippen molar-refractivity contribution < 1.29 is 9.18 Å². The highest BCUT2D eigenvalue weighted by atomic mass is 19.1. The molecule has 1 aromatic rings. The molecule has 0 saturated carbocycles. The van der Waals surface area contributed by atoms with Gasteiger partial charge in [0.05, 0.1) is 18.2 Å². The van der Waals surface area contributed by atoms with Gasteiger partial charge < -0.3 is 10.2 Å². The van der Waals surface area contributed by atoms with Crippen LogP contribution in [0.1, 0.15) is 31.9 Å². The summed E-state index contributed by atoms with van der Waals surface area (Å²) in [4.78, 5) is 13.6. The highest BCUT2D eigenvalue weighted by Crippen LogP contribution is 2.12. The Morgan fingerprint density at radius 2 is 2.20 bits per heavy atom. The fraction of sp³-hybridized carbons (Fsp3) is 0.467. The quantitative estimate of drug-likeness (QED) is 0.865. The predicted molar refractivity (Wildman–Crippen MR) is 75.3 cm³/mol. The number of hydrogen-bond donors (Lipinski definition) is 1. The van der Waals surface area contributed by atoms with Crippen molar-refractivity contribution in [3.8, 4) is 6.07 Å². The molecular weight excluding hydrogens is 257 g/mol. The van der Waals surface area contributed by atoms with Gasteiger partial charge in [0, 0.05) is 24.7 Å². The highest BCUT2D eigenvalue weighted by Gasteiger charge is 2.14. The normalized spacial score (nSPS) is 10.4. The molecule has 4 nitrogen and oxygen atoms in total. The summed E-state index contributed by atoms with van der Waals surface area (Å²) in [5.41, 5.74) is 0.700. The lowest BCUT2D eigenvalue weighted by Gasteiger charge is -2.22. The molecule has 1 aromatic carbocycles. The van der Waals surface area contributed by atoms with Crippen LogP contribution in [0.4, 0.5) is 4.39 Å². The number of benzene rings is 1. The first-order valence-corrected chi connectivity index (χ1v) is 6.67. The topological polar surface area (TPSA) is 56.1 Å². The van der Waals surface area contributed by atoms with Crippen LogP contribution < -0.4 is 5.32 Å². The first-order valence-electron chi connectivity index (χ1n) is 6.67. The summed E-state index contributed by atoms with van der Waals surface area (Å²) < 4.78 is 13.8. The van der Waals surface area contributed by atoms with Crippen LogP contribution in [0.5, 0.6) is 0 Å². The lowest BCUT2D eigenvalue weighted by molar-refractivity contribution is -0.130. The third kappa shape index (κ3) is 4.63. The van der Waals surface area contributed by atoms with Crippen LogP contribution in [0.25, 0.3) is 0 Å². The van der Waals surface area contributed by atoms with E-state index in [-0.39, 0.29) is 30.6 Å². The van der Waals surface area contributed by atoms with Gasteiger partial charge in [0.25, 0.3) is 0 Å². The van der Waals surface area contributed by atoms with Crippen molar-refractivity contribution in [1.29, 1.82) is 5.26 Å². The smallest absolute Gasteiger partial charge is 0.236 e. The Hall–Kier alpha value is -1.93. The predicted octanol–water partition coefficient (Wildman–Crippen LogP) is 2.04. The van der Waals surface area contributed by atoms with Crippen molar-refractivity contribution in [2.24, 2.45) is 0 Å². The van der Waals surface area contributed by atoms with E-state index in [0.717, 1.165) is 0 Å². The van der Waals surface area contributed by atoms with E-state index in [1.54, 1.807) is 17.0 Å². The molecule has 0 radical (unpaired) electrons. The monoisotopic (exact) mass is 277 g/mol. The Bertz CT molecular complexity index is 508. The number of likely N-dealkylation sites (N-methyl/N-ethyl adjacent to an activating group) is 1. The maximum atomic E-state index is 13.8. The van der Waals surface area contributed by atoms with Gasteiger partial charge in [0.15, 0.2) is 0 Å². The molecule has 1 N–H and O–H groups in total. The van der Waals surface area contributed by atoms with Crippen LogP contribution >= 0.6 is 0 Å². The number of nitrogens with one attached hydrogen (secondary N) is 1. The van der Waals surface area contributed by atoms with Crippen molar-refractivity contribution >= 4 is 5.91 Å². The van der Waals surface area contributed by atoms with Crippen molar-refractivity contribution in [2.45, 2.75) is 33.4 Å². The summed E-state index contributed by atoms with van der Waals surface area (Å²) in [5.74, 6) is -0.517. The van der Waals surface area contributed by atoms with Crippen molar-refractivity contribution in [3.63, 3.8) is 0 Å². The van der Waals surface area contributed by atoms with Gasteiger partial charge in [0.1, 0.15) is 5.82 Å². The second-order valence-electron chi connectivity index (χ2n) is 4.86. The van der Waals surface area contributed by atoms with Crippen LogP contribution in [-0.4, -0.2) is 29.9 Å². The molecule has 0 aliphatic carbocycles. The van der Waals surface area contributed by atoms with E-state index in [1.165, 1.54) is 6.07 Å². The zero-order valence-electron chi connectivity index (χ0n) is 12.1. The van der Waals surface area contributed by atoms with Gasteiger partial charge in [-0.1, -0.05) is 19.9 Å². The minimum atomic E-state index is -0.452. The van der Waals surface area contributed by atoms with Gasteiger partial charge in [-0.15, -0.1) is 0 Å². The largest absolute Gasteiger partial charge is 0.337 e. The minimum absolute atomic E-state index is 0.0649. The Balaban J connectivity index is 2.73. The average molecular weight is 277 g/mol. The van der Waals surface area contributed by atoms with Gasteiger partial charge in [-0.05, 0) is 19.1 Å². The van der Waals surface area contributed by atoms with Crippen LogP contribution in [0, 0.1) is 17.1 Å². The van der Waals surface area contributed by atoms with Crippen LogP contribution in [-0.2, 0) is 11.3 Å². The first-order chi connectivity index (χ1) is 9.47. The molecule has 0 aliphatic heterocycles. The maximum absolute atomic E-state index is 13.8. The number of carbonyl (C=O) groups is 1. The molecule has 0 bridgehead atoms. The number of nitriles is 1. The SMILES string of the molecule is CCN(Cc1ccc(C#N)cc1F)C(=O)CNC(C)C. The summed E-state index contributed by atoms with van der Waals surface area (Å²) in [6, 6.07) is 6.42. The number of hydrogen-bond acceptors (Lipinski definition) is 3. The van der Waals surface area contributed by atoms with Crippen LogP contribution in [0.15, 0.2) is 18.2 Å². The lowest BCUT2D eigenvalue weighted by atomic mass is 10.1. The van der Waals surface area contributed by atoms with E-state index >= 15 is 0 Å². The summed E-state index contributed by atoms with van der Waals surface area (Å²) in [6.45, 7) is 6.75. The van der Waals surface area contributed by atoms with Gasteiger partial charge in [-0.2, -0.15) is 5.26 Å². The molecule has 0 fully saturated rings. The molecule has 0 aromatic heterocycles. The lowest BCUT2D eigenvalue weighted by Crippen LogP contribution is -2.39. The first kappa shape index (κ1) is 16.1. The van der Waals surface area contributed by atoms with Gasteiger partial charge >= 0.3 is 0 Å². The zero-order chi connectivity index (χ0) is 15.1. The van der Waals surface area contributed by atoms with Crippen LogP contribution in [0.2, 0.25) is 0 Å².